The van der Waals surface area contributed by atoms with E-state index in [-0.39, 0.29) is 17.4 Å². The van der Waals surface area contributed by atoms with E-state index >= 15 is 0 Å². The van der Waals surface area contributed by atoms with Crippen LogP contribution in [0.4, 0.5) is 10.1 Å². The number of nitrogens with one attached hydrogen (secondary N) is 1. The Bertz CT molecular complexity index is 1270. The third kappa shape index (κ3) is 5.60. The second-order valence-electron chi connectivity index (χ2n) is 7.24. The summed E-state index contributed by atoms with van der Waals surface area (Å²) in [6, 6.07) is 23.5. The molecule has 1 N–H and O–H groups in total. The maximum absolute atomic E-state index is 14.1. The minimum atomic E-state index is -0.582. The topological polar surface area (TPSA) is 69.0 Å². The first-order chi connectivity index (χ1) is 16.6. The number of hydrogen-bond donors (Lipinski definition) is 1. The third-order valence-corrected chi connectivity index (χ3v) is 6.61. The summed E-state index contributed by atoms with van der Waals surface area (Å²) in [5, 5.41) is 12.1. The normalized spacial score (nSPS) is 11.7. The summed E-state index contributed by atoms with van der Waals surface area (Å²) < 4.78 is 21.8. The van der Waals surface area contributed by atoms with Gasteiger partial charge in [-0.2, -0.15) is 0 Å². The van der Waals surface area contributed by atoms with Gasteiger partial charge in [-0.1, -0.05) is 54.2 Å². The summed E-state index contributed by atoms with van der Waals surface area (Å²) in [5.74, 6) is 0.197. The van der Waals surface area contributed by atoms with Crippen molar-refractivity contribution in [1.29, 1.82) is 0 Å². The monoisotopic (exact) mass is 494 g/mol. The summed E-state index contributed by atoms with van der Waals surface area (Å²) in [6.45, 7) is 1.79. The van der Waals surface area contributed by atoms with Crippen LogP contribution in [0.3, 0.4) is 0 Å². The maximum Gasteiger partial charge on any atom is 0.234 e. The van der Waals surface area contributed by atoms with Gasteiger partial charge in [0.25, 0.3) is 0 Å². The van der Waals surface area contributed by atoms with Gasteiger partial charge in [0.05, 0.1) is 11.4 Å². The van der Waals surface area contributed by atoms with E-state index in [1.807, 2.05) is 65.4 Å². The van der Waals surface area contributed by atoms with E-state index in [1.165, 1.54) is 17.8 Å². The highest BCUT2D eigenvalue weighted by Crippen LogP contribution is 2.29. The number of rotatable bonds is 9. The molecular formula is C25H23FN4O2S2. The second-order valence-corrected chi connectivity index (χ2v) is 9.03. The van der Waals surface area contributed by atoms with Crippen LogP contribution in [-0.4, -0.2) is 32.7 Å². The number of thioether (sulfide) groups is 2. The highest BCUT2D eigenvalue weighted by Gasteiger charge is 2.22. The summed E-state index contributed by atoms with van der Waals surface area (Å²) in [4.78, 5) is 13.7. The Hall–Kier alpha value is -3.30. The van der Waals surface area contributed by atoms with Crippen LogP contribution in [0.1, 0.15) is 18.9 Å². The molecule has 0 aliphatic heterocycles. The van der Waals surface area contributed by atoms with Gasteiger partial charge in [0, 0.05) is 10.6 Å². The molecule has 0 saturated carbocycles. The molecule has 4 aromatic rings. The van der Waals surface area contributed by atoms with E-state index in [0.29, 0.717) is 11.0 Å². The quantitative estimate of drug-likeness (QED) is 0.288. The molecule has 6 nitrogen and oxygen atoms in total. The molecule has 3 aromatic carbocycles. The van der Waals surface area contributed by atoms with E-state index < -0.39 is 11.9 Å². The highest BCUT2D eigenvalue weighted by atomic mass is 32.2. The lowest BCUT2D eigenvalue weighted by atomic mass is 10.3. The van der Waals surface area contributed by atoms with Crippen molar-refractivity contribution >= 4 is 35.1 Å². The first kappa shape index (κ1) is 23.8. The molecular weight excluding hydrogens is 471 g/mol. The molecule has 0 bridgehead atoms. The predicted octanol–water partition coefficient (Wildman–Crippen LogP) is 6.00. The zero-order valence-corrected chi connectivity index (χ0v) is 20.3. The molecule has 0 aliphatic carbocycles. The molecule has 0 radical (unpaired) electrons. The van der Waals surface area contributed by atoms with Crippen LogP contribution in [0, 0.1) is 5.82 Å². The van der Waals surface area contributed by atoms with Gasteiger partial charge in [0.15, 0.2) is 28.7 Å². The van der Waals surface area contributed by atoms with Crippen LogP contribution in [0.5, 0.6) is 5.75 Å². The highest BCUT2D eigenvalue weighted by molar-refractivity contribution is 7.99. The Morgan fingerprint density at radius 1 is 1.03 bits per heavy atom. The van der Waals surface area contributed by atoms with E-state index in [0.717, 1.165) is 16.3 Å². The number of halogens is 1. The molecule has 1 amide bonds. The molecule has 0 aliphatic rings. The average molecular weight is 495 g/mol. The molecule has 1 heterocycles. The van der Waals surface area contributed by atoms with Crippen LogP contribution in [0.25, 0.3) is 5.69 Å². The third-order valence-electron chi connectivity index (χ3n) is 4.89. The van der Waals surface area contributed by atoms with Crippen LogP contribution in [-0.2, 0) is 4.79 Å². The molecule has 174 valence electrons. The smallest absolute Gasteiger partial charge is 0.234 e. The van der Waals surface area contributed by atoms with Gasteiger partial charge < -0.3 is 10.1 Å². The van der Waals surface area contributed by atoms with Gasteiger partial charge in [-0.25, -0.2) is 4.39 Å². The molecule has 4 rings (SSSR count). The van der Waals surface area contributed by atoms with Gasteiger partial charge in [0.2, 0.25) is 5.91 Å². The second kappa shape index (κ2) is 11.2. The molecule has 1 unspecified atom stereocenters. The minimum Gasteiger partial charge on any atom is -0.480 e. The standard InChI is InChI=1S/C25H23FN4O2S2/c1-17(32-21-14-8-6-12-19(21)26)24-28-29-25(30(24)18-10-4-3-5-11-18)34-16-23(31)27-20-13-7-9-15-22(20)33-2/h3-15,17H,16H2,1-2H3,(H,27,31). The lowest BCUT2D eigenvalue weighted by Crippen LogP contribution is -2.15. The van der Waals surface area contributed by atoms with Crippen molar-refractivity contribution in [3.05, 3.63) is 90.5 Å². The Labute approximate surface area is 205 Å². The van der Waals surface area contributed by atoms with Gasteiger partial charge >= 0.3 is 0 Å². The number of benzene rings is 3. The van der Waals surface area contributed by atoms with Crippen LogP contribution in [0.2, 0.25) is 0 Å². The van der Waals surface area contributed by atoms with Crippen molar-refractivity contribution in [2.75, 3.05) is 17.3 Å². The maximum atomic E-state index is 14.1. The van der Waals surface area contributed by atoms with Gasteiger partial charge in [-0.3, -0.25) is 9.36 Å². The number of ether oxygens (including phenoxy) is 1. The summed E-state index contributed by atoms with van der Waals surface area (Å²) in [5.41, 5.74) is 1.60. The lowest BCUT2D eigenvalue weighted by Gasteiger charge is -2.17. The summed E-state index contributed by atoms with van der Waals surface area (Å²) in [6.07, 6.45) is 1.38. The Kier molecular flexibility index (Phi) is 7.87. The van der Waals surface area contributed by atoms with Crippen molar-refractivity contribution in [1.82, 2.24) is 14.8 Å². The van der Waals surface area contributed by atoms with Crippen LogP contribution < -0.4 is 10.1 Å². The summed E-state index contributed by atoms with van der Waals surface area (Å²) in [7, 11) is 0. The molecule has 1 atom stereocenters. The molecule has 34 heavy (non-hydrogen) atoms. The van der Waals surface area contributed by atoms with Gasteiger partial charge in [0.1, 0.15) is 0 Å². The number of para-hydroxylation sites is 3. The van der Waals surface area contributed by atoms with Crippen LogP contribution >= 0.6 is 23.5 Å². The van der Waals surface area contributed by atoms with E-state index in [1.54, 1.807) is 36.9 Å². The van der Waals surface area contributed by atoms with E-state index in [4.69, 9.17) is 4.74 Å². The molecule has 0 spiro atoms. The zero-order chi connectivity index (χ0) is 23.9. The fourth-order valence-electron chi connectivity index (χ4n) is 3.31. The number of nitrogens with zero attached hydrogens (tertiary/aromatic N) is 3. The predicted molar refractivity (Wildman–Crippen MR) is 134 cm³/mol. The van der Waals surface area contributed by atoms with E-state index in [9.17, 15) is 9.18 Å². The van der Waals surface area contributed by atoms with Crippen molar-refractivity contribution in [2.24, 2.45) is 0 Å². The van der Waals surface area contributed by atoms with E-state index in [2.05, 4.69) is 15.5 Å². The first-order valence-electron chi connectivity index (χ1n) is 10.5. The SMILES string of the molecule is CSc1ccccc1NC(=O)CSc1nnc(C(C)Oc2ccccc2F)n1-c1ccccc1. The number of amides is 1. The summed E-state index contributed by atoms with van der Waals surface area (Å²) >= 11 is 2.84. The largest absolute Gasteiger partial charge is 0.480 e. The zero-order valence-electron chi connectivity index (χ0n) is 18.6. The van der Waals surface area contributed by atoms with Crippen LogP contribution in [0.15, 0.2) is 88.9 Å². The lowest BCUT2D eigenvalue weighted by molar-refractivity contribution is -0.113. The Balaban J connectivity index is 1.55. The molecule has 0 fully saturated rings. The number of hydrogen-bond acceptors (Lipinski definition) is 6. The van der Waals surface area contributed by atoms with Crippen molar-refractivity contribution in [3.63, 3.8) is 0 Å². The Morgan fingerprint density at radius 2 is 1.74 bits per heavy atom. The average Bonchev–Trinajstić information content (AvgIpc) is 3.29. The van der Waals surface area contributed by atoms with Crippen molar-refractivity contribution in [2.45, 2.75) is 23.1 Å². The minimum absolute atomic E-state index is 0.138. The molecule has 1 aromatic heterocycles. The number of carbonyl (C=O) groups is 1. The van der Waals surface area contributed by atoms with Crippen molar-refractivity contribution in [3.8, 4) is 11.4 Å². The number of carbonyl (C=O) groups excluding carboxylic acids is 1. The fourth-order valence-corrected chi connectivity index (χ4v) is 4.62. The molecule has 9 heteroatoms. The first-order valence-corrected chi connectivity index (χ1v) is 12.8. The molecule has 0 saturated heterocycles. The van der Waals surface area contributed by atoms with Gasteiger partial charge in [-0.05, 0) is 49.6 Å². The van der Waals surface area contributed by atoms with Crippen molar-refractivity contribution < 1.29 is 13.9 Å². The number of anilines is 1. The Morgan fingerprint density at radius 3 is 2.50 bits per heavy atom. The fraction of sp³-hybridized carbons (Fsp3) is 0.160. The number of aromatic nitrogens is 3. The van der Waals surface area contributed by atoms with Gasteiger partial charge in [-0.15, -0.1) is 22.0 Å².